The van der Waals surface area contributed by atoms with E-state index in [1.54, 1.807) is 6.33 Å². The van der Waals surface area contributed by atoms with Gasteiger partial charge in [0.1, 0.15) is 23.8 Å². The van der Waals surface area contributed by atoms with Crippen molar-refractivity contribution in [3.63, 3.8) is 0 Å². The first-order valence-electron chi connectivity index (χ1n) is 9.82. The topological polar surface area (TPSA) is 85.8 Å². The number of piperidine rings is 1. The van der Waals surface area contributed by atoms with Gasteiger partial charge in [0, 0.05) is 25.6 Å². The Morgan fingerprint density at radius 2 is 1.86 bits per heavy atom. The van der Waals surface area contributed by atoms with Gasteiger partial charge < -0.3 is 15.2 Å². The molecule has 0 aliphatic carbocycles. The molecule has 0 unspecified atom stereocenters. The number of nitrogens with two attached hydrogens (primary N) is 1. The number of para-hydroxylation sites is 2. The predicted molar refractivity (Wildman–Crippen MR) is 111 cm³/mol. The minimum absolute atomic E-state index is 0.459. The quantitative estimate of drug-likeness (QED) is 0.593. The Bertz CT molecular complexity index is 1140. The van der Waals surface area contributed by atoms with Crippen LogP contribution in [0.3, 0.4) is 0 Å². The van der Waals surface area contributed by atoms with Crippen LogP contribution in [0, 0.1) is 0 Å². The van der Waals surface area contributed by atoms with Crippen molar-refractivity contribution in [2.45, 2.75) is 32.2 Å². The van der Waals surface area contributed by atoms with Crippen molar-refractivity contribution >= 4 is 33.7 Å². The fraction of sp³-hybridized carbons (Fsp3) is 0.333. The summed E-state index contributed by atoms with van der Waals surface area (Å²) in [5.74, 6) is 2.60. The van der Waals surface area contributed by atoms with E-state index in [0.29, 0.717) is 17.5 Å². The van der Waals surface area contributed by atoms with E-state index in [1.165, 1.54) is 11.3 Å². The Balaban J connectivity index is 1.44. The monoisotopic (exact) mass is 373 g/mol. The molecule has 3 aromatic heterocycles. The van der Waals surface area contributed by atoms with E-state index >= 15 is 0 Å². The van der Waals surface area contributed by atoms with Crippen LogP contribution >= 0.6 is 0 Å². The summed E-state index contributed by atoms with van der Waals surface area (Å²) >= 11 is 0. The molecule has 1 aromatic carbocycles. The molecule has 0 atom stereocenters. The highest BCUT2D eigenvalue weighted by Gasteiger charge is 2.25. The summed E-state index contributed by atoms with van der Waals surface area (Å²) in [7, 11) is 0. The highest BCUT2D eigenvalue weighted by atomic mass is 15.2. The number of anilines is 2. The average molecular weight is 373 g/mol. The van der Waals surface area contributed by atoms with E-state index in [1.807, 2.05) is 12.1 Å². The number of fused-ring (bicyclic) bond motifs is 2. The van der Waals surface area contributed by atoms with E-state index in [0.717, 1.165) is 49.1 Å². The van der Waals surface area contributed by atoms with Crippen LogP contribution < -0.4 is 10.6 Å². The van der Waals surface area contributed by atoms with Crippen molar-refractivity contribution in [2.75, 3.05) is 23.7 Å². The number of benzene rings is 1. The molecule has 1 aliphatic rings. The second-order valence-electron chi connectivity index (χ2n) is 7.26. The molecule has 1 saturated heterocycles. The summed E-state index contributed by atoms with van der Waals surface area (Å²) in [6.45, 7) is 4.06. The molecule has 2 N–H and O–H groups in total. The third-order valence-electron chi connectivity index (χ3n) is 5.61. The van der Waals surface area contributed by atoms with Crippen molar-refractivity contribution in [1.82, 2.24) is 24.5 Å². The molecule has 0 amide bonds. The number of pyridine rings is 1. The molecule has 4 aromatic rings. The van der Waals surface area contributed by atoms with Gasteiger partial charge in [0.05, 0.1) is 16.4 Å². The summed E-state index contributed by atoms with van der Waals surface area (Å²) in [4.78, 5) is 20.3. The second-order valence-corrected chi connectivity index (χ2v) is 7.26. The summed E-state index contributed by atoms with van der Waals surface area (Å²) in [6.07, 6.45) is 4.63. The molecule has 1 aliphatic heterocycles. The maximum Gasteiger partial charge on any atom is 0.166 e. The minimum atomic E-state index is 0.459. The Morgan fingerprint density at radius 3 is 2.68 bits per heavy atom. The Labute approximate surface area is 163 Å². The van der Waals surface area contributed by atoms with Gasteiger partial charge in [-0.2, -0.15) is 0 Å². The Hall–Kier alpha value is -3.22. The molecule has 5 rings (SSSR count). The normalized spacial score (nSPS) is 15.5. The molecular weight excluding hydrogens is 350 g/mol. The SMILES string of the molecule is CCc1nc2ccccc2n1C1CCN(c2ncnc3nc(N)ccc23)CC1. The molecule has 0 saturated carbocycles. The van der Waals surface area contributed by atoms with Gasteiger partial charge >= 0.3 is 0 Å². The van der Waals surface area contributed by atoms with Crippen LogP contribution in [-0.2, 0) is 6.42 Å². The molecule has 0 spiro atoms. The number of aryl methyl sites for hydroxylation is 1. The van der Waals surface area contributed by atoms with E-state index in [-0.39, 0.29) is 0 Å². The Morgan fingerprint density at radius 1 is 1.04 bits per heavy atom. The number of aromatic nitrogens is 5. The summed E-state index contributed by atoms with van der Waals surface area (Å²) < 4.78 is 2.45. The van der Waals surface area contributed by atoms with Gasteiger partial charge in [0.15, 0.2) is 5.65 Å². The first-order chi connectivity index (χ1) is 13.7. The summed E-state index contributed by atoms with van der Waals surface area (Å²) in [5, 5.41) is 0.956. The maximum atomic E-state index is 5.80. The van der Waals surface area contributed by atoms with Crippen molar-refractivity contribution in [2.24, 2.45) is 0 Å². The largest absolute Gasteiger partial charge is 0.384 e. The average Bonchev–Trinajstić information content (AvgIpc) is 3.12. The van der Waals surface area contributed by atoms with Gasteiger partial charge in [-0.1, -0.05) is 19.1 Å². The lowest BCUT2D eigenvalue weighted by atomic mass is 10.0. The van der Waals surface area contributed by atoms with Gasteiger partial charge in [-0.05, 0) is 37.1 Å². The van der Waals surface area contributed by atoms with Crippen LogP contribution in [0.15, 0.2) is 42.7 Å². The molecule has 142 valence electrons. The lowest BCUT2D eigenvalue weighted by molar-refractivity contribution is 0.394. The molecule has 4 heterocycles. The van der Waals surface area contributed by atoms with E-state index in [4.69, 9.17) is 10.7 Å². The van der Waals surface area contributed by atoms with Crippen LogP contribution in [0.2, 0.25) is 0 Å². The van der Waals surface area contributed by atoms with E-state index in [2.05, 4.69) is 55.6 Å². The van der Waals surface area contributed by atoms with Gasteiger partial charge in [0.25, 0.3) is 0 Å². The maximum absolute atomic E-state index is 5.80. The number of nitrogen functional groups attached to an aromatic ring is 1. The molecule has 1 fully saturated rings. The standard InChI is InChI=1S/C21H23N7/c1-2-19-25-16-5-3-4-6-17(16)28(19)14-9-11-27(12-10-14)21-15-7-8-18(22)26-20(15)23-13-24-21/h3-8,13-14H,2,9-12H2,1H3,(H2,22,23,24,26). The molecular formula is C21H23N7. The molecule has 28 heavy (non-hydrogen) atoms. The molecule has 7 nitrogen and oxygen atoms in total. The highest BCUT2D eigenvalue weighted by Crippen LogP contribution is 2.32. The number of imidazole rings is 1. The van der Waals surface area contributed by atoms with Crippen molar-refractivity contribution in [3.05, 3.63) is 48.5 Å². The van der Waals surface area contributed by atoms with Crippen molar-refractivity contribution < 1.29 is 0 Å². The number of nitrogens with zero attached hydrogens (tertiary/aromatic N) is 6. The minimum Gasteiger partial charge on any atom is -0.384 e. The Kier molecular flexibility index (Phi) is 4.07. The number of rotatable bonds is 3. The second kappa shape index (κ2) is 6.74. The van der Waals surface area contributed by atoms with Crippen molar-refractivity contribution in [1.29, 1.82) is 0 Å². The van der Waals surface area contributed by atoms with Crippen LogP contribution in [-0.4, -0.2) is 37.6 Å². The van der Waals surface area contributed by atoms with Gasteiger partial charge in [0.2, 0.25) is 0 Å². The van der Waals surface area contributed by atoms with Crippen LogP contribution in [0.5, 0.6) is 0 Å². The zero-order valence-corrected chi connectivity index (χ0v) is 15.9. The molecule has 7 heteroatoms. The van der Waals surface area contributed by atoms with Crippen LogP contribution in [0.4, 0.5) is 11.6 Å². The molecule has 0 bridgehead atoms. The zero-order chi connectivity index (χ0) is 19.1. The first kappa shape index (κ1) is 16.9. The third-order valence-corrected chi connectivity index (χ3v) is 5.61. The van der Waals surface area contributed by atoms with Crippen molar-refractivity contribution in [3.8, 4) is 0 Å². The van der Waals surface area contributed by atoms with E-state index < -0.39 is 0 Å². The zero-order valence-electron chi connectivity index (χ0n) is 15.9. The predicted octanol–water partition coefficient (Wildman–Crippen LogP) is 3.36. The lowest BCUT2D eigenvalue weighted by Gasteiger charge is -2.34. The third kappa shape index (κ3) is 2.74. The lowest BCUT2D eigenvalue weighted by Crippen LogP contribution is -2.35. The van der Waals surface area contributed by atoms with Gasteiger partial charge in [-0.15, -0.1) is 0 Å². The smallest absolute Gasteiger partial charge is 0.166 e. The van der Waals surface area contributed by atoms with Gasteiger partial charge in [-0.3, -0.25) is 0 Å². The number of hydrogen-bond donors (Lipinski definition) is 1. The number of hydrogen-bond acceptors (Lipinski definition) is 6. The summed E-state index contributed by atoms with van der Waals surface area (Å²) in [5.41, 5.74) is 8.79. The highest BCUT2D eigenvalue weighted by molar-refractivity contribution is 5.87. The molecule has 0 radical (unpaired) electrons. The van der Waals surface area contributed by atoms with Gasteiger partial charge in [-0.25, -0.2) is 19.9 Å². The fourth-order valence-electron chi connectivity index (χ4n) is 4.28. The van der Waals surface area contributed by atoms with Crippen LogP contribution in [0.25, 0.3) is 22.1 Å². The van der Waals surface area contributed by atoms with E-state index in [9.17, 15) is 0 Å². The summed E-state index contributed by atoms with van der Waals surface area (Å²) in [6, 6.07) is 12.7. The fourth-order valence-corrected chi connectivity index (χ4v) is 4.28. The van der Waals surface area contributed by atoms with Crippen LogP contribution in [0.1, 0.15) is 31.6 Å². The first-order valence-corrected chi connectivity index (χ1v) is 9.82.